The third-order valence-corrected chi connectivity index (χ3v) is 5.43. The molecule has 1 aromatic carbocycles. The molecule has 120 valence electrons. The van der Waals surface area contributed by atoms with Crippen LogP contribution in [0.25, 0.3) is 0 Å². The minimum atomic E-state index is -0.379. The molecule has 0 aliphatic heterocycles. The van der Waals surface area contributed by atoms with E-state index in [1.165, 1.54) is 23.1 Å². The number of nitriles is 1. The van der Waals surface area contributed by atoms with Gasteiger partial charge in [-0.1, -0.05) is 53.4 Å². The smallest absolute Gasteiger partial charge is 0.248 e. The number of thioether (sulfide) groups is 1. The SMILES string of the molecule is Cc1nc(NC(=O)C(c2ccccc2)N(C)C)sc1SCC#N. The summed E-state index contributed by atoms with van der Waals surface area (Å²) in [5, 5.41) is 12.1. The summed E-state index contributed by atoms with van der Waals surface area (Å²) in [5.74, 6) is 0.257. The Morgan fingerprint density at radius 3 is 2.74 bits per heavy atom. The molecule has 1 unspecified atom stereocenters. The standard InChI is InChI=1S/C16H18N4OS2/c1-11-15(22-10-9-17)23-16(18-11)19-14(21)13(20(2)3)12-7-5-4-6-8-12/h4-8,13H,10H2,1-3H3,(H,18,19,21). The molecule has 1 amide bonds. The first-order valence-corrected chi connectivity index (χ1v) is 8.82. The van der Waals surface area contributed by atoms with Crippen molar-refractivity contribution in [1.82, 2.24) is 9.88 Å². The molecule has 0 aliphatic carbocycles. The van der Waals surface area contributed by atoms with Gasteiger partial charge in [0.2, 0.25) is 5.91 Å². The van der Waals surface area contributed by atoms with Gasteiger partial charge in [-0.25, -0.2) is 4.98 Å². The first-order valence-electron chi connectivity index (χ1n) is 7.02. The van der Waals surface area contributed by atoms with Crippen molar-refractivity contribution >= 4 is 34.1 Å². The number of hydrogen-bond donors (Lipinski definition) is 1. The number of carbonyl (C=O) groups is 1. The molecule has 1 heterocycles. The van der Waals surface area contributed by atoms with Gasteiger partial charge in [-0.05, 0) is 26.6 Å². The fourth-order valence-corrected chi connectivity index (χ4v) is 3.96. The minimum Gasteiger partial charge on any atom is -0.300 e. The molecule has 1 N–H and O–H groups in total. The topological polar surface area (TPSA) is 69.0 Å². The number of aryl methyl sites for hydroxylation is 1. The summed E-state index contributed by atoms with van der Waals surface area (Å²) in [6.07, 6.45) is 0. The molecule has 0 bridgehead atoms. The number of aromatic nitrogens is 1. The van der Waals surface area contributed by atoms with Gasteiger partial charge in [-0.3, -0.25) is 9.69 Å². The lowest BCUT2D eigenvalue weighted by Gasteiger charge is -2.23. The fraction of sp³-hybridized carbons (Fsp3) is 0.312. The number of hydrogen-bond acceptors (Lipinski definition) is 6. The Morgan fingerprint density at radius 1 is 1.43 bits per heavy atom. The van der Waals surface area contributed by atoms with E-state index in [0.29, 0.717) is 10.9 Å². The van der Waals surface area contributed by atoms with Gasteiger partial charge in [0, 0.05) is 0 Å². The van der Waals surface area contributed by atoms with E-state index in [1.54, 1.807) is 0 Å². The largest absolute Gasteiger partial charge is 0.300 e. The van der Waals surface area contributed by atoms with Crippen molar-refractivity contribution in [3.05, 3.63) is 41.6 Å². The maximum atomic E-state index is 12.6. The number of nitrogens with one attached hydrogen (secondary N) is 1. The number of rotatable bonds is 6. The van der Waals surface area contributed by atoms with Crippen molar-refractivity contribution in [3.63, 3.8) is 0 Å². The Bertz CT molecular complexity index is 707. The predicted octanol–water partition coefficient (Wildman–Crippen LogP) is 3.31. The maximum absolute atomic E-state index is 12.6. The first kappa shape index (κ1) is 17.5. The minimum absolute atomic E-state index is 0.119. The number of anilines is 1. The number of carbonyl (C=O) groups excluding carboxylic acids is 1. The molecule has 1 aromatic heterocycles. The number of amides is 1. The molecular weight excluding hydrogens is 328 g/mol. The molecule has 0 spiro atoms. The fourth-order valence-electron chi connectivity index (χ4n) is 2.16. The van der Waals surface area contributed by atoms with Crippen LogP contribution in [-0.2, 0) is 4.79 Å². The summed E-state index contributed by atoms with van der Waals surface area (Å²) < 4.78 is 0.961. The second kappa shape index (κ2) is 8.11. The molecule has 0 saturated heterocycles. The Kier molecular flexibility index (Phi) is 6.16. The highest BCUT2D eigenvalue weighted by atomic mass is 32.2. The van der Waals surface area contributed by atoms with Gasteiger partial charge >= 0.3 is 0 Å². The lowest BCUT2D eigenvalue weighted by atomic mass is 10.1. The molecule has 0 saturated carbocycles. The Balaban J connectivity index is 2.15. The van der Waals surface area contributed by atoms with Crippen LogP contribution in [-0.4, -0.2) is 35.6 Å². The zero-order valence-electron chi connectivity index (χ0n) is 13.2. The van der Waals surface area contributed by atoms with Crippen LogP contribution in [0.3, 0.4) is 0 Å². The van der Waals surface area contributed by atoms with E-state index in [-0.39, 0.29) is 11.9 Å². The summed E-state index contributed by atoms with van der Waals surface area (Å²) in [6.45, 7) is 1.88. The van der Waals surface area contributed by atoms with Crippen molar-refractivity contribution < 1.29 is 4.79 Å². The van der Waals surface area contributed by atoms with Crippen LogP contribution in [0.5, 0.6) is 0 Å². The van der Waals surface area contributed by atoms with Gasteiger partial charge < -0.3 is 5.32 Å². The van der Waals surface area contributed by atoms with E-state index < -0.39 is 0 Å². The number of benzene rings is 1. The van der Waals surface area contributed by atoms with E-state index in [1.807, 2.05) is 56.3 Å². The molecule has 7 heteroatoms. The number of nitrogens with zero attached hydrogens (tertiary/aromatic N) is 3. The van der Waals surface area contributed by atoms with E-state index in [4.69, 9.17) is 5.26 Å². The van der Waals surface area contributed by atoms with Crippen LogP contribution in [0.15, 0.2) is 34.5 Å². The second-order valence-electron chi connectivity index (χ2n) is 5.10. The Morgan fingerprint density at radius 2 is 2.13 bits per heavy atom. The van der Waals surface area contributed by atoms with Gasteiger partial charge in [0.25, 0.3) is 0 Å². The van der Waals surface area contributed by atoms with Crippen LogP contribution in [0.1, 0.15) is 17.3 Å². The van der Waals surface area contributed by atoms with Crippen LogP contribution < -0.4 is 5.32 Å². The normalized spacial score (nSPS) is 12.0. The second-order valence-corrected chi connectivity index (χ2v) is 7.35. The van der Waals surface area contributed by atoms with Crippen molar-refractivity contribution in [2.75, 3.05) is 25.2 Å². The highest BCUT2D eigenvalue weighted by Crippen LogP contribution is 2.32. The van der Waals surface area contributed by atoms with Crippen LogP contribution in [0.4, 0.5) is 5.13 Å². The molecule has 5 nitrogen and oxygen atoms in total. The van der Waals surface area contributed by atoms with Gasteiger partial charge in [0.1, 0.15) is 6.04 Å². The zero-order valence-corrected chi connectivity index (χ0v) is 14.9. The van der Waals surface area contributed by atoms with Gasteiger partial charge in [0.05, 0.1) is 21.7 Å². The molecule has 0 radical (unpaired) electrons. The maximum Gasteiger partial charge on any atom is 0.248 e. The number of thiazole rings is 1. The van der Waals surface area contributed by atoms with Gasteiger partial charge in [-0.15, -0.1) is 0 Å². The summed E-state index contributed by atoms with van der Waals surface area (Å²) in [4.78, 5) is 18.9. The third kappa shape index (κ3) is 4.55. The van der Waals surface area contributed by atoms with E-state index in [2.05, 4.69) is 16.4 Å². The van der Waals surface area contributed by atoms with E-state index >= 15 is 0 Å². The summed E-state index contributed by atoms with van der Waals surface area (Å²) >= 11 is 2.84. The van der Waals surface area contributed by atoms with Crippen molar-refractivity contribution in [1.29, 1.82) is 5.26 Å². The zero-order chi connectivity index (χ0) is 16.8. The average molecular weight is 346 g/mol. The molecule has 0 fully saturated rings. The van der Waals surface area contributed by atoms with Gasteiger partial charge in [0.15, 0.2) is 5.13 Å². The van der Waals surface area contributed by atoms with Crippen LogP contribution in [0.2, 0.25) is 0 Å². The highest BCUT2D eigenvalue weighted by molar-refractivity contribution is 8.01. The summed E-state index contributed by atoms with van der Waals surface area (Å²) in [5.41, 5.74) is 1.77. The predicted molar refractivity (Wildman–Crippen MR) is 94.7 cm³/mol. The molecule has 2 rings (SSSR count). The van der Waals surface area contributed by atoms with Gasteiger partial charge in [-0.2, -0.15) is 5.26 Å². The van der Waals surface area contributed by atoms with Crippen LogP contribution in [0, 0.1) is 18.3 Å². The summed E-state index contributed by atoms with van der Waals surface area (Å²) in [7, 11) is 3.75. The van der Waals surface area contributed by atoms with Crippen molar-refractivity contribution in [2.24, 2.45) is 0 Å². The van der Waals surface area contributed by atoms with E-state index in [0.717, 1.165) is 15.5 Å². The molecule has 0 aliphatic rings. The Hall–Kier alpha value is -1.88. The lowest BCUT2D eigenvalue weighted by molar-refractivity contribution is -0.120. The van der Waals surface area contributed by atoms with Crippen LogP contribution >= 0.6 is 23.1 Å². The number of likely N-dealkylation sites (N-methyl/N-ethyl adjacent to an activating group) is 1. The highest BCUT2D eigenvalue weighted by Gasteiger charge is 2.24. The quantitative estimate of drug-likeness (QED) is 0.813. The lowest BCUT2D eigenvalue weighted by Crippen LogP contribution is -2.32. The van der Waals surface area contributed by atoms with E-state index in [9.17, 15) is 4.79 Å². The molecule has 23 heavy (non-hydrogen) atoms. The molecule has 2 aromatic rings. The average Bonchev–Trinajstić information content (AvgIpc) is 2.85. The third-order valence-electron chi connectivity index (χ3n) is 3.13. The monoisotopic (exact) mass is 346 g/mol. The molecule has 1 atom stereocenters. The molecular formula is C16H18N4OS2. The van der Waals surface area contributed by atoms with Crippen molar-refractivity contribution in [3.8, 4) is 6.07 Å². The summed E-state index contributed by atoms with van der Waals surface area (Å²) in [6, 6.07) is 11.4. The van der Waals surface area contributed by atoms with Crippen molar-refractivity contribution in [2.45, 2.75) is 17.2 Å². The first-order chi connectivity index (χ1) is 11.0. The Labute approximate surface area is 144 Å².